The second-order valence-corrected chi connectivity index (χ2v) is 5.55. The molecular weight excluding hydrogens is 320 g/mol. The van der Waals surface area contributed by atoms with Gasteiger partial charge in [0.05, 0.1) is 14.2 Å². The molecule has 7 nitrogen and oxygen atoms in total. The molecule has 0 radical (unpaired) electrons. The lowest BCUT2D eigenvalue weighted by molar-refractivity contribution is -0.116. The minimum absolute atomic E-state index is 0.0656. The van der Waals surface area contributed by atoms with Crippen LogP contribution in [0.25, 0.3) is 5.65 Å². The molecule has 2 heterocycles. The highest BCUT2D eigenvalue weighted by atomic mass is 16.5. The number of carbonyl (C=O) groups is 1. The van der Waals surface area contributed by atoms with Crippen molar-refractivity contribution in [1.29, 1.82) is 0 Å². The molecule has 2 aromatic heterocycles. The minimum Gasteiger partial charge on any atom is -0.497 e. The number of nitrogens with one attached hydrogen (secondary N) is 1. The fourth-order valence-electron chi connectivity index (χ4n) is 2.57. The Morgan fingerprint density at radius 3 is 2.60 bits per heavy atom. The van der Waals surface area contributed by atoms with Crippen molar-refractivity contribution < 1.29 is 14.3 Å². The number of aryl methyl sites for hydroxylation is 1. The van der Waals surface area contributed by atoms with Crippen molar-refractivity contribution in [2.45, 2.75) is 19.3 Å². The summed E-state index contributed by atoms with van der Waals surface area (Å²) >= 11 is 0. The monoisotopic (exact) mass is 340 g/mol. The number of nitrogens with zero attached hydrogens (tertiary/aromatic N) is 3. The first kappa shape index (κ1) is 16.8. The maximum atomic E-state index is 12.2. The quantitative estimate of drug-likeness (QED) is 0.715. The van der Waals surface area contributed by atoms with Crippen LogP contribution in [-0.4, -0.2) is 34.7 Å². The van der Waals surface area contributed by atoms with Crippen molar-refractivity contribution in [3.63, 3.8) is 0 Å². The van der Waals surface area contributed by atoms with E-state index in [-0.39, 0.29) is 5.91 Å². The predicted molar refractivity (Wildman–Crippen MR) is 94.1 cm³/mol. The Labute approximate surface area is 145 Å². The topological polar surface area (TPSA) is 77.8 Å². The lowest BCUT2D eigenvalue weighted by atomic mass is 10.2. The molecule has 0 saturated carbocycles. The minimum atomic E-state index is -0.0656. The van der Waals surface area contributed by atoms with Crippen molar-refractivity contribution in [1.82, 2.24) is 14.6 Å². The number of rotatable bonds is 7. The predicted octanol–water partition coefficient (Wildman–Crippen LogP) is 2.71. The summed E-state index contributed by atoms with van der Waals surface area (Å²) in [6.07, 6.45) is 3.68. The summed E-state index contributed by atoms with van der Waals surface area (Å²) in [6, 6.07) is 11.0. The van der Waals surface area contributed by atoms with Gasteiger partial charge in [0.25, 0.3) is 0 Å². The SMILES string of the molecule is COc1cc(NC(=O)CCCc2nnc3ccccn23)cc(OC)c1. The van der Waals surface area contributed by atoms with Crippen LogP contribution >= 0.6 is 0 Å². The number of ether oxygens (including phenoxy) is 2. The van der Waals surface area contributed by atoms with Gasteiger partial charge in [0.15, 0.2) is 5.65 Å². The summed E-state index contributed by atoms with van der Waals surface area (Å²) < 4.78 is 12.3. The van der Waals surface area contributed by atoms with Gasteiger partial charge in [-0.25, -0.2) is 0 Å². The first-order chi connectivity index (χ1) is 12.2. The van der Waals surface area contributed by atoms with Gasteiger partial charge in [0.1, 0.15) is 17.3 Å². The molecule has 0 aliphatic heterocycles. The molecule has 0 fully saturated rings. The largest absolute Gasteiger partial charge is 0.497 e. The highest BCUT2D eigenvalue weighted by Gasteiger charge is 2.08. The van der Waals surface area contributed by atoms with Gasteiger partial charge in [0, 0.05) is 42.9 Å². The van der Waals surface area contributed by atoms with E-state index in [1.54, 1.807) is 32.4 Å². The van der Waals surface area contributed by atoms with Gasteiger partial charge in [-0.2, -0.15) is 0 Å². The van der Waals surface area contributed by atoms with E-state index in [1.807, 2.05) is 28.8 Å². The highest BCUT2D eigenvalue weighted by Crippen LogP contribution is 2.25. The van der Waals surface area contributed by atoms with Crippen molar-refractivity contribution >= 4 is 17.2 Å². The summed E-state index contributed by atoms with van der Waals surface area (Å²) in [5.41, 5.74) is 1.46. The molecule has 0 aliphatic rings. The molecule has 0 spiro atoms. The number of benzene rings is 1. The number of methoxy groups -OCH3 is 2. The molecule has 0 bridgehead atoms. The van der Waals surface area contributed by atoms with Crippen LogP contribution in [0, 0.1) is 0 Å². The fourth-order valence-corrected chi connectivity index (χ4v) is 2.57. The number of fused-ring (bicyclic) bond motifs is 1. The Morgan fingerprint density at radius 2 is 1.88 bits per heavy atom. The van der Waals surface area contributed by atoms with E-state index in [0.29, 0.717) is 36.4 Å². The number of hydrogen-bond donors (Lipinski definition) is 1. The van der Waals surface area contributed by atoms with Crippen LogP contribution in [0.4, 0.5) is 5.69 Å². The molecule has 3 rings (SSSR count). The standard InChI is InChI=1S/C18H20N4O3/c1-24-14-10-13(11-15(12-14)25-2)19-18(23)8-5-7-17-21-20-16-6-3-4-9-22(16)17/h3-4,6,9-12H,5,7-8H2,1-2H3,(H,19,23). The zero-order valence-electron chi connectivity index (χ0n) is 14.2. The van der Waals surface area contributed by atoms with E-state index in [4.69, 9.17) is 9.47 Å². The molecule has 3 aromatic rings. The van der Waals surface area contributed by atoms with Gasteiger partial charge in [-0.05, 0) is 18.6 Å². The maximum absolute atomic E-state index is 12.2. The Hall–Kier alpha value is -3.09. The van der Waals surface area contributed by atoms with Gasteiger partial charge in [-0.3, -0.25) is 9.20 Å². The van der Waals surface area contributed by atoms with Crippen LogP contribution in [0.3, 0.4) is 0 Å². The molecule has 1 amide bonds. The highest BCUT2D eigenvalue weighted by molar-refractivity contribution is 5.91. The average molecular weight is 340 g/mol. The van der Waals surface area contributed by atoms with Crippen LogP contribution in [0.2, 0.25) is 0 Å². The zero-order valence-corrected chi connectivity index (χ0v) is 14.2. The third-order valence-corrected chi connectivity index (χ3v) is 3.82. The van der Waals surface area contributed by atoms with Crippen LogP contribution in [-0.2, 0) is 11.2 Å². The molecule has 7 heteroatoms. The second kappa shape index (κ2) is 7.65. The molecule has 1 N–H and O–H groups in total. The van der Waals surface area contributed by atoms with Gasteiger partial charge in [0.2, 0.25) is 5.91 Å². The lowest BCUT2D eigenvalue weighted by Crippen LogP contribution is -2.12. The number of aromatic nitrogens is 3. The van der Waals surface area contributed by atoms with Crippen molar-refractivity contribution in [3.8, 4) is 11.5 Å². The van der Waals surface area contributed by atoms with E-state index < -0.39 is 0 Å². The Balaban J connectivity index is 1.56. The summed E-state index contributed by atoms with van der Waals surface area (Å²) in [6.45, 7) is 0. The Bertz CT molecular complexity index is 853. The number of amides is 1. The Morgan fingerprint density at radius 1 is 1.12 bits per heavy atom. The molecule has 25 heavy (non-hydrogen) atoms. The van der Waals surface area contributed by atoms with Gasteiger partial charge >= 0.3 is 0 Å². The van der Waals surface area contributed by atoms with Crippen molar-refractivity contribution in [2.24, 2.45) is 0 Å². The van der Waals surface area contributed by atoms with Gasteiger partial charge < -0.3 is 14.8 Å². The number of carbonyl (C=O) groups excluding carboxylic acids is 1. The first-order valence-corrected chi connectivity index (χ1v) is 8.01. The molecule has 130 valence electrons. The summed E-state index contributed by atoms with van der Waals surface area (Å²) in [4.78, 5) is 12.2. The molecule has 1 aromatic carbocycles. The normalized spacial score (nSPS) is 10.6. The van der Waals surface area contributed by atoms with Crippen molar-refractivity contribution in [3.05, 3.63) is 48.4 Å². The zero-order chi connectivity index (χ0) is 17.6. The van der Waals surface area contributed by atoms with E-state index in [1.165, 1.54) is 0 Å². The smallest absolute Gasteiger partial charge is 0.224 e. The Kier molecular flexibility index (Phi) is 5.13. The van der Waals surface area contributed by atoms with Gasteiger partial charge in [-0.1, -0.05) is 6.07 Å². The summed E-state index contributed by atoms with van der Waals surface area (Å²) in [5.74, 6) is 2.05. The number of hydrogen-bond acceptors (Lipinski definition) is 5. The maximum Gasteiger partial charge on any atom is 0.224 e. The first-order valence-electron chi connectivity index (χ1n) is 8.01. The third kappa shape index (κ3) is 4.06. The third-order valence-electron chi connectivity index (χ3n) is 3.82. The number of anilines is 1. The van der Waals surface area contributed by atoms with Crippen LogP contribution in [0.15, 0.2) is 42.6 Å². The van der Waals surface area contributed by atoms with E-state index in [9.17, 15) is 4.79 Å². The number of pyridine rings is 1. The van der Waals surface area contributed by atoms with Crippen LogP contribution in [0.1, 0.15) is 18.7 Å². The fraction of sp³-hybridized carbons (Fsp3) is 0.278. The lowest BCUT2D eigenvalue weighted by Gasteiger charge is -2.09. The van der Waals surface area contributed by atoms with Crippen LogP contribution < -0.4 is 14.8 Å². The average Bonchev–Trinajstić information content (AvgIpc) is 3.04. The molecule has 0 saturated heterocycles. The second-order valence-electron chi connectivity index (χ2n) is 5.55. The molecular formula is C18H20N4O3. The summed E-state index contributed by atoms with van der Waals surface area (Å²) in [5, 5.41) is 11.1. The van der Waals surface area contributed by atoms with Crippen LogP contribution in [0.5, 0.6) is 11.5 Å². The molecule has 0 unspecified atom stereocenters. The van der Waals surface area contributed by atoms with Gasteiger partial charge in [-0.15, -0.1) is 10.2 Å². The molecule has 0 atom stereocenters. The summed E-state index contributed by atoms with van der Waals surface area (Å²) in [7, 11) is 3.15. The van der Waals surface area contributed by atoms with E-state index in [0.717, 1.165) is 11.5 Å². The molecule has 0 aliphatic carbocycles. The van der Waals surface area contributed by atoms with Crippen molar-refractivity contribution in [2.75, 3.05) is 19.5 Å². The van der Waals surface area contributed by atoms with E-state index in [2.05, 4.69) is 15.5 Å². The van der Waals surface area contributed by atoms with E-state index >= 15 is 0 Å².